The molecule has 1 aromatic rings. The van der Waals surface area contributed by atoms with Gasteiger partial charge in [-0.15, -0.1) is 0 Å². The first kappa shape index (κ1) is 10.5. The predicted octanol–water partition coefficient (Wildman–Crippen LogP) is 0.284. The minimum atomic E-state index is -0.0449. The number of nitrogens with zero attached hydrogens (tertiary/aromatic N) is 3. The highest BCUT2D eigenvalue weighted by molar-refractivity contribution is 9.10. The van der Waals surface area contributed by atoms with Gasteiger partial charge in [-0.3, -0.25) is 4.79 Å². The first-order valence-corrected chi connectivity index (χ1v) is 5.54. The number of aromatic nitrogens is 2. The van der Waals surface area contributed by atoms with Crippen molar-refractivity contribution in [1.29, 1.82) is 0 Å². The molecule has 80 valence electrons. The van der Waals surface area contributed by atoms with Crippen molar-refractivity contribution in [2.24, 2.45) is 0 Å². The minimum Gasteiger partial charge on any atom is -0.335 e. The van der Waals surface area contributed by atoms with E-state index in [2.05, 4.69) is 31.2 Å². The van der Waals surface area contributed by atoms with Crippen LogP contribution in [0.5, 0.6) is 0 Å². The summed E-state index contributed by atoms with van der Waals surface area (Å²) < 4.78 is 0.638. The van der Waals surface area contributed by atoms with Crippen molar-refractivity contribution < 1.29 is 4.79 Å². The number of nitrogens with one attached hydrogen (secondary N) is 1. The first-order valence-electron chi connectivity index (χ1n) is 4.75. The highest BCUT2D eigenvalue weighted by atomic mass is 79.9. The van der Waals surface area contributed by atoms with E-state index in [1.165, 1.54) is 12.4 Å². The summed E-state index contributed by atoms with van der Waals surface area (Å²) in [5.74, 6) is -0.0449. The minimum absolute atomic E-state index is 0.0449. The Morgan fingerprint density at radius 2 is 2.07 bits per heavy atom. The third-order valence-corrected chi connectivity index (χ3v) is 2.65. The Morgan fingerprint density at radius 1 is 1.33 bits per heavy atom. The van der Waals surface area contributed by atoms with Gasteiger partial charge in [-0.25, -0.2) is 9.97 Å². The van der Waals surface area contributed by atoms with Gasteiger partial charge in [0, 0.05) is 26.2 Å². The molecule has 0 saturated carbocycles. The van der Waals surface area contributed by atoms with E-state index in [0.717, 1.165) is 26.2 Å². The Kier molecular flexibility index (Phi) is 3.27. The molecule has 6 heteroatoms. The first-order chi connectivity index (χ1) is 7.27. The molecule has 1 saturated heterocycles. The molecule has 0 unspecified atom stereocenters. The van der Waals surface area contributed by atoms with Crippen LogP contribution in [0.15, 0.2) is 17.0 Å². The molecule has 0 aliphatic carbocycles. The summed E-state index contributed by atoms with van der Waals surface area (Å²) in [5, 5.41) is 3.19. The SMILES string of the molecule is O=C(c1cnc(Br)cn1)N1CCNCC1. The van der Waals surface area contributed by atoms with Gasteiger partial charge < -0.3 is 10.2 Å². The third-order valence-electron chi connectivity index (χ3n) is 2.24. The average Bonchev–Trinajstić information content (AvgIpc) is 2.30. The van der Waals surface area contributed by atoms with Gasteiger partial charge in [-0.2, -0.15) is 0 Å². The summed E-state index contributed by atoms with van der Waals surface area (Å²) in [6.07, 6.45) is 3.03. The van der Waals surface area contributed by atoms with Gasteiger partial charge in [0.15, 0.2) is 0 Å². The lowest BCUT2D eigenvalue weighted by Gasteiger charge is -2.26. The lowest BCUT2D eigenvalue weighted by atomic mass is 10.3. The highest BCUT2D eigenvalue weighted by Gasteiger charge is 2.18. The van der Waals surface area contributed by atoms with Crippen LogP contribution in [0, 0.1) is 0 Å². The lowest BCUT2D eigenvalue weighted by molar-refractivity contribution is 0.0729. The number of piperazine rings is 1. The van der Waals surface area contributed by atoms with Crippen LogP contribution in [0.25, 0.3) is 0 Å². The van der Waals surface area contributed by atoms with Crippen molar-refractivity contribution in [3.63, 3.8) is 0 Å². The van der Waals surface area contributed by atoms with Crippen molar-refractivity contribution in [1.82, 2.24) is 20.2 Å². The molecule has 1 amide bonds. The molecular weight excluding hydrogens is 260 g/mol. The Labute approximate surface area is 96.0 Å². The molecule has 0 bridgehead atoms. The van der Waals surface area contributed by atoms with Crippen LogP contribution in [0.3, 0.4) is 0 Å². The molecule has 0 radical (unpaired) electrons. The summed E-state index contributed by atoms with van der Waals surface area (Å²) in [6.45, 7) is 3.15. The fourth-order valence-electron chi connectivity index (χ4n) is 1.45. The van der Waals surface area contributed by atoms with Gasteiger partial charge in [0.05, 0.1) is 12.4 Å². The van der Waals surface area contributed by atoms with E-state index in [1.807, 2.05) is 0 Å². The zero-order valence-electron chi connectivity index (χ0n) is 8.11. The van der Waals surface area contributed by atoms with Gasteiger partial charge in [0.25, 0.3) is 5.91 Å². The van der Waals surface area contributed by atoms with Gasteiger partial charge in [0.1, 0.15) is 10.3 Å². The van der Waals surface area contributed by atoms with Crippen LogP contribution in [-0.2, 0) is 0 Å². The van der Waals surface area contributed by atoms with E-state index < -0.39 is 0 Å². The standard InChI is InChI=1S/C9H11BrN4O/c10-8-6-12-7(5-13-8)9(15)14-3-1-11-2-4-14/h5-6,11H,1-4H2. The van der Waals surface area contributed by atoms with Gasteiger partial charge in [-0.05, 0) is 15.9 Å². The fourth-order valence-corrected chi connectivity index (χ4v) is 1.66. The zero-order chi connectivity index (χ0) is 10.7. The second kappa shape index (κ2) is 4.67. The number of amides is 1. The molecular formula is C9H11BrN4O. The molecule has 2 rings (SSSR count). The Bertz CT molecular complexity index is 348. The summed E-state index contributed by atoms with van der Waals surface area (Å²) >= 11 is 3.18. The van der Waals surface area contributed by atoms with E-state index in [-0.39, 0.29) is 5.91 Å². The normalized spacial score (nSPS) is 16.5. The summed E-state index contributed by atoms with van der Waals surface area (Å²) in [7, 11) is 0. The van der Waals surface area contributed by atoms with Crippen molar-refractivity contribution >= 4 is 21.8 Å². The largest absolute Gasteiger partial charge is 0.335 e. The Balaban J connectivity index is 2.09. The molecule has 1 aliphatic rings. The monoisotopic (exact) mass is 270 g/mol. The predicted molar refractivity (Wildman–Crippen MR) is 58.5 cm³/mol. The number of halogens is 1. The second-order valence-electron chi connectivity index (χ2n) is 3.27. The maximum absolute atomic E-state index is 11.9. The fraction of sp³-hybridized carbons (Fsp3) is 0.444. The van der Waals surface area contributed by atoms with Gasteiger partial charge >= 0.3 is 0 Å². The molecule has 0 aromatic carbocycles. The maximum atomic E-state index is 11.9. The molecule has 2 heterocycles. The van der Waals surface area contributed by atoms with Crippen molar-refractivity contribution in [3.05, 3.63) is 22.7 Å². The number of carbonyl (C=O) groups excluding carboxylic acids is 1. The quantitative estimate of drug-likeness (QED) is 0.797. The van der Waals surface area contributed by atoms with E-state index in [1.54, 1.807) is 4.90 Å². The van der Waals surface area contributed by atoms with E-state index in [4.69, 9.17) is 0 Å². The Hall–Kier alpha value is -1.01. The molecule has 0 atom stereocenters. The van der Waals surface area contributed by atoms with E-state index in [9.17, 15) is 4.79 Å². The molecule has 1 N–H and O–H groups in total. The van der Waals surface area contributed by atoms with E-state index >= 15 is 0 Å². The van der Waals surface area contributed by atoms with Crippen LogP contribution in [0.1, 0.15) is 10.5 Å². The average molecular weight is 271 g/mol. The highest BCUT2D eigenvalue weighted by Crippen LogP contribution is 2.06. The molecule has 0 spiro atoms. The van der Waals surface area contributed by atoms with Crippen LogP contribution in [-0.4, -0.2) is 47.0 Å². The van der Waals surface area contributed by atoms with Gasteiger partial charge in [0.2, 0.25) is 0 Å². The van der Waals surface area contributed by atoms with Crippen LogP contribution < -0.4 is 5.32 Å². The topological polar surface area (TPSA) is 58.1 Å². The summed E-state index contributed by atoms with van der Waals surface area (Å²) in [5.41, 5.74) is 0.403. The van der Waals surface area contributed by atoms with Crippen LogP contribution in [0.2, 0.25) is 0 Å². The molecule has 1 aromatic heterocycles. The van der Waals surface area contributed by atoms with Crippen LogP contribution in [0.4, 0.5) is 0 Å². The molecule has 1 fully saturated rings. The lowest BCUT2D eigenvalue weighted by Crippen LogP contribution is -2.46. The van der Waals surface area contributed by atoms with Crippen molar-refractivity contribution in [3.8, 4) is 0 Å². The molecule has 5 nitrogen and oxygen atoms in total. The zero-order valence-corrected chi connectivity index (χ0v) is 9.70. The number of hydrogen-bond donors (Lipinski definition) is 1. The number of carbonyl (C=O) groups is 1. The third kappa shape index (κ3) is 2.51. The van der Waals surface area contributed by atoms with Gasteiger partial charge in [-0.1, -0.05) is 0 Å². The maximum Gasteiger partial charge on any atom is 0.274 e. The van der Waals surface area contributed by atoms with Crippen molar-refractivity contribution in [2.75, 3.05) is 26.2 Å². The molecule has 15 heavy (non-hydrogen) atoms. The summed E-state index contributed by atoms with van der Waals surface area (Å²) in [6, 6.07) is 0. The summed E-state index contributed by atoms with van der Waals surface area (Å²) in [4.78, 5) is 21.7. The Morgan fingerprint density at radius 3 is 2.67 bits per heavy atom. The van der Waals surface area contributed by atoms with E-state index in [0.29, 0.717) is 10.3 Å². The number of rotatable bonds is 1. The van der Waals surface area contributed by atoms with Crippen molar-refractivity contribution in [2.45, 2.75) is 0 Å². The second-order valence-corrected chi connectivity index (χ2v) is 4.08. The molecule has 1 aliphatic heterocycles. The van der Waals surface area contributed by atoms with Crippen LogP contribution >= 0.6 is 15.9 Å². The number of hydrogen-bond acceptors (Lipinski definition) is 4. The smallest absolute Gasteiger partial charge is 0.274 e.